The standard InChI is InChI=1S/C16H20N2O/c19-16(10-12-4-7-17-8-5-12)14-3-1-2-13-6-9-18-11-15(13)14/h1-3,6,9,11-12,16-17,19H,4-5,7-8,10H2. The molecule has 0 bridgehead atoms. The molecule has 0 radical (unpaired) electrons. The number of nitrogens with zero attached hydrogens (tertiary/aromatic N) is 1. The number of hydrogen-bond acceptors (Lipinski definition) is 3. The molecule has 1 aromatic carbocycles. The number of fused-ring (bicyclic) bond motifs is 1. The number of nitrogens with one attached hydrogen (secondary N) is 1. The monoisotopic (exact) mass is 256 g/mol. The van der Waals surface area contributed by atoms with Crippen molar-refractivity contribution in [3.05, 3.63) is 42.2 Å². The lowest BCUT2D eigenvalue weighted by atomic mass is 9.88. The van der Waals surface area contributed by atoms with Gasteiger partial charge in [0.25, 0.3) is 0 Å². The van der Waals surface area contributed by atoms with Crippen LogP contribution in [0.5, 0.6) is 0 Å². The molecule has 3 nitrogen and oxygen atoms in total. The third-order valence-electron chi connectivity index (χ3n) is 4.09. The maximum absolute atomic E-state index is 10.5. The van der Waals surface area contributed by atoms with Crippen molar-refractivity contribution < 1.29 is 5.11 Å². The van der Waals surface area contributed by atoms with E-state index in [1.807, 2.05) is 24.4 Å². The van der Waals surface area contributed by atoms with E-state index in [-0.39, 0.29) is 6.10 Å². The first-order valence-electron chi connectivity index (χ1n) is 7.06. The van der Waals surface area contributed by atoms with Crippen LogP contribution in [-0.2, 0) is 0 Å². The van der Waals surface area contributed by atoms with Gasteiger partial charge in [0.2, 0.25) is 0 Å². The van der Waals surface area contributed by atoms with Gasteiger partial charge in [0, 0.05) is 17.8 Å². The number of piperidine rings is 1. The number of hydrogen-bond donors (Lipinski definition) is 2. The van der Waals surface area contributed by atoms with E-state index >= 15 is 0 Å². The molecule has 0 aliphatic carbocycles. The lowest BCUT2D eigenvalue weighted by Gasteiger charge is -2.25. The first-order valence-corrected chi connectivity index (χ1v) is 7.06. The van der Waals surface area contributed by atoms with Crippen LogP contribution < -0.4 is 5.32 Å². The van der Waals surface area contributed by atoms with E-state index in [0.717, 1.165) is 35.8 Å². The second kappa shape index (κ2) is 5.68. The summed E-state index contributed by atoms with van der Waals surface area (Å²) in [6.07, 6.45) is 6.47. The zero-order valence-corrected chi connectivity index (χ0v) is 11.0. The SMILES string of the molecule is OC(CC1CCNCC1)c1cccc2ccncc12. The Labute approximate surface area is 113 Å². The van der Waals surface area contributed by atoms with Gasteiger partial charge in [-0.15, -0.1) is 0 Å². The molecule has 2 heterocycles. The van der Waals surface area contributed by atoms with Crippen LogP contribution >= 0.6 is 0 Å². The highest BCUT2D eigenvalue weighted by atomic mass is 16.3. The van der Waals surface area contributed by atoms with E-state index in [4.69, 9.17) is 0 Å². The number of aliphatic hydroxyl groups excluding tert-OH is 1. The molecule has 1 unspecified atom stereocenters. The lowest BCUT2D eigenvalue weighted by molar-refractivity contribution is 0.135. The number of aromatic nitrogens is 1. The number of rotatable bonds is 3. The van der Waals surface area contributed by atoms with Crippen LogP contribution in [0, 0.1) is 5.92 Å². The summed E-state index contributed by atoms with van der Waals surface area (Å²) >= 11 is 0. The maximum Gasteiger partial charge on any atom is 0.0799 e. The van der Waals surface area contributed by atoms with Crippen LogP contribution in [0.4, 0.5) is 0 Å². The summed E-state index contributed by atoms with van der Waals surface area (Å²) in [5.74, 6) is 0.628. The number of aliphatic hydroxyl groups is 1. The molecule has 0 amide bonds. The third kappa shape index (κ3) is 2.77. The van der Waals surface area contributed by atoms with Crippen molar-refractivity contribution in [2.24, 2.45) is 5.92 Å². The topological polar surface area (TPSA) is 45.1 Å². The van der Waals surface area contributed by atoms with Gasteiger partial charge < -0.3 is 10.4 Å². The van der Waals surface area contributed by atoms with Gasteiger partial charge >= 0.3 is 0 Å². The zero-order valence-electron chi connectivity index (χ0n) is 11.0. The van der Waals surface area contributed by atoms with E-state index in [2.05, 4.69) is 16.4 Å². The minimum atomic E-state index is -0.379. The highest BCUT2D eigenvalue weighted by Crippen LogP contribution is 2.30. The molecule has 100 valence electrons. The Hall–Kier alpha value is -1.45. The third-order valence-corrected chi connectivity index (χ3v) is 4.09. The minimum absolute atomic E-state index is 0.379. The highest BCUT2D eigenvalue weighted by molar-refractivity contribution is 5.85. The van der Waals surface area contributed by atoms with Crippen LogP contribution in [-0.4, -0.2) is 23.2 Å². The molecule has 2 aromatic rings. The van der Waals surface area contributed by atoms with Crippen molar-refractivity contribution in [3.63, 3.8) is 0 Å². The smallest absolute Gasteiger partial charge is 0.0799 e. The van der Waals surface area contributed by atoms with Crippen LogP contribution in [0.1, 0.15) is 30.9 Å². The van der Waals surface area contributed by atoms with Gasteiger partial charge in [-0.05, 0) is 55.3 Å². The largest absolute Gasteiger partial charge is 0.388 e. The fourth-order valence-corrected chi connectivity index (χ4v) is 2.99. The summed E-state index contributed by atoms with van der Waals surface area (Å²) in [5, 5.41) is 16.1. The lowest BCUT2D eigenvalue weighted by Crippen LogP contribution is -2.28. The summed E-state index contributed by atoms with van der Waals surface area (Å²) in [7, 11) is 0. The quantitative estimate of drug-likeness (QED) is 0.887. The van der Waals surface area contributed by atoms with Crippen molar-refractivity contribution in [1.29, 1.82) is 0 Å². The number of benzene rings is 1. The Kier molecular flexibility index (Phi) is 3.76. The zero-order chi connectivity index (χ0) is 13.1. The van der Waals surface area contributed by atoms with E-state index in [1.54, 1.807) is 6.20 Å². The highest BCUT2D eigenvalue weighted by Gasteiger charge is 2.19. The van der Waals surface area contributed by atoms with Gasteiger partial charge in [0.15, 0.2) is 0 Å². The molecule has 1 atom stereocenters. The summed E-state index contributed by atoms with van der Waals surface area (Å²) in [6.45, 7) is 2.16. The molecular formula is C16H20N2O. The second-order valence-corrected chi connectivity index (χ2v) is 5.39. The van der Waals surface area contributed by atoms with E-state index in [0.29, 0.717) is 5.92 Å². The molecule has 1 aliphatic rings. The Morgan fingerprint density at radius 2 is 2.11 bits per heavy atom. The van der Waals surface area contributed by atoms with E-state index < -0.39 is 0 Å². The van der Waals surface area contributed by atoms with Crippen LogP contribution in [0.25, 0.3) is 10.8 Å². The van der Waals surface area contributed by atoms with Crippen LogP contribution in [0.3, 0.4) is 0 Å². The van der Waals surface area contributed by atoms with Gasteiger partial charge in [0.05, 0.1) is 6.10 Å². The van der Waals surface area contributed by atoms with E-state index in [9.17, 15) is 5.11 Å². The van der Waals surface area contributed by atoms with Crippen molar-refractivity contribution in [3.8, 4) is 0 Å². The van der Waals surface area contributed by atoms with Gasteiger partial charge in [-0.2, -0.15) is 0 Å². The Morgan fingerprint density at radius 1 is 1.26 bits per heavy atom. The van der Waals surface area contributed by atoms with Gasteiger partial charge in [-0.25, -0.2) is 0 Å². The molecule has 3 heteroatoms. The first kappa shape index (κ1) is 12.6. The fourth-order valence-electron chi connectivity index (χ4n) is 2.99. The second-order valence-electron chi connectivity index (χ2n) is 5.39. The van der Waals surface area contributed by atoms with Gasteiger partial charge in [0.1, 0.15) is 0 Å². The molecular weight excluding hydrogens is 236 g/mol. The van der Waals surface area contributed by atoms with Gasteiger partial charge in [-0.3, -0.25) is 4.98 Å². The first-order chi connectivity index (χ1) is 9.34. The van der Waals surface area contributed by atoms with Crippen molar-refractivity contribution in [2.45, 2.75) is 25.4 Å². The number of pyridine rings is 1. The molecule has 2 N–H and O–H groups in total. The molecule has 1 aliphatic heterocycles. The Bertz CT molecular complexity index is 544. The van der Waals surface area contributed by atoms with Crippen molar-refractivity contribution in [1.82, 2.24) is 10.3 Å². The Morgan fingerprint density at radius 3 is 2.95 bits per heavy atom. The molecule has 1 fully saturated rings. The van der Waals surface area contributed by atoms with Crippen LogP contribution in [0.2, 0.25) is 0 Å². The molecule has 1 saturated heterocycles. The summed E-state index contributed by atoms with van der Waals surface area (Å²) < 4.78 is 0. The molecule has 19 heavy (non-hydrogen) atoms. The average Bonchev–Trinajstić information content (AvgIpc) is 2.47. The summed E-state index contributed by atoms with van der Waals surface area (Å²) in [4.78, 5) is 4.18. The molecule has 0 saturated carbocycles. The normalized spacial score (nSPS) is 18.6. The minimum Gasteiger partial charge on any atom is -0.388 e. The van der Waals surface area contributed by atoms with Gasteiger partial charge in [-0.1, -0.05) is 18.2 Å². The summed E-state index contributed by atoms with van der Waals surface area (Å²) in [5.41, 5.74) is 1.02. The van der Waals surface area contributed by atoms with Crippen molar-refractivity contribution >= 4 is 10.8 Å². The fraction of sp³-hybridized carbons (Fsp3) is 0.438. The summed E-state index contributed by atoms with van der Waals surface area (Å²) in [6, 6.07) is 8.10. The van der Waals surface area contributed by atoms with Crippen molar-refractivity contribution in [2.75, 3.05) is 13.1 Å². The van der Waals surface area contributed by atoms with E-state index in [1.165, 1.54) is 12.8 Å². The average molecular weight is 256 g/mol. The Balaban J connectivity index is 1.82. The maximum atomic E-state index is 10.5. The molecule has 0 spiro atoms. The predicted molar refractivity (Wildman–Crippen MR) is 76.9 cm³/mol. The molecule has 3 rings (SSSR count). The molecule has 1 aromatic heterocycles. The van der Waals surface area contributed by atoms with Crippen LogP contribution in [0.15, 0.2) is 36.7 Å². The predicted octanol–water partition coefficient (Wildman–Crippen LogP) is 2.66.